The van der Waals surface area contributed by atoms with Gasteiger partial charge in [-0.2, -0.15) is 0 Å². The molecule has 2 aromatic rings. The molecular formula is C18H16F2. The highest BCUT2D eigenvalue weighted by Gasteiger charge is 2.13. The van der Waals surface area contributed by atoms with Gasteiger partial charge in [0.15, 0.2) is 11.6 Å². The second-order valence-corrected chi connectivity index (χ2v) is 4.58. The minimum atomic E-state index is -0.805. The maximum Gasteiger partial charge on any atom is 0.166 e. The van der Waals surface area contributed by atoms with E-state index in [9.17, 15) is 8.78 Å². The van der Waals surface area contributed by atoms with Crippen LogP contribution in [0.25, 0.3) is 11.1 Å². The van der Waals surface area contributed by atoms with Gasteiger partial charge in [-0.05, 0) is 29.5 Å². The summed E-state index contributed by atoms with van der Waals surface area (Å²) in [5, 5.41) is 0. The first-order chi connectivity index (χ1) is 9.67. The van der Waals surface area contributed by atoms with E-state index < -0.39 is 11.6 Å². The summed E-state index contributed by atoms with van der Waals surface area (Å²) in [6.07, 6.45) is 4.44. The lowest BCUT2D eigenvalue weighted by atomic mass is 9.99. The SMILES string of the molecule is C=CCc1ccc(-c2ccc(CC=C)c(F)c2F)cc1. The Morgan fingerprint density at radius 3 is 2.05 bits per heavy atom. The van der Waals surface area contributed by atoms with Crippen LogP contribution in [-0.4, -0.2) is 0 Å². The summed E-state index contributed by atoms with van der Waals surface area (Å²) < 4.78 is 28.0. The Morgan fingerprint density at radius 2 is 1.45 bits per heavy atom. The first kappa shape index (κ1) is 14.2. The minimum Gasteiger partial charge on any atom is -0.203 e. The summed E-state index contributed by atoms with van der Waals surface area (Å²) >= 11 is 0. The third-order valence-corrected chi connectivity index (χ3v) is 3.17. The normalized spacial score (nSPS) is 10.3. The number of hydrogen-bond acceptors (Lipinski definition) is 0. The predicted molar refractivity (Wildman–Crippen MR) is 79.6 cm³/mol. The summed E-state index contributed by atoms with van der Waals surface area (Å²) in [4.78, 5) is 0. The molecule has 20 heavy (non-hydrogen) atoms. The monoisotopic (exact) mass is 270 g/mol. The lowest BCUT2D eigenvalue weighted by molar-refractivity contribution is 0.503. The number of allylic oxidation sites excluding steroid dienone is 2. The van der Waals surface area contributed by atoms with Gasteiger partial charge in [-0.15, -0.1) is 13.2 Å². The number of hydrogen-bond donors (Lipinski definition) is 0. The topological polar surface area (TPSA) is 0 Å². The van der Waals surface area contributed by atoms with E-state index in [1.54, 1.807) is 36.4 Å². The van der Waals surface area contributed by atoms with Crippen LogP contribution in [0.3, 0.4) is 0 Å². The number of rotatable bonds is 5. The van der Waals surface area contributed by atoms with Crippen molar-refractivity contribution < 1.29 is 8.78 Å². The van der Waals surface area contributed by atoms with E-state index in [-0.39, 0.29) is 5.56 Å². The molecule has 0 fully saturated rings. The largest absolute Gasteiger partial charge is 0.203 e. The molecule has 0 unspecified atom stereocenters. The summed E-state index contributed by atoms with van der Waals surface area (Å²) in [5.74, 6) is -1.60. The van der Waals surface area contributed by atoms with Crippen molar-refractivity contribution in [1.82, 2.24) is 0 Å². The van der Waals surface area contributed by atoms with Crippen LogP contribution < -0.4 is 0 Å². The van der Waals surface area contributed by atoms with Gasteiger partial charge >= 0.3 is 0 Å². The van der Waals surface area contributed by atoms with Gasteiger partial charge in [-0.1, -0.05) is 48.6 Å². The number of benzene rings is 2. The standard InChI is InChI=1S/C18H16F2/c1-3-5-13-7-9-14(10-8-13)16-12-11-15(6-4-2)17(19)18(16)20/h3-4,7-12H,1-2,5-6H2. The molecule has 0 atom stereocenters. The fourth-order valence-corrected chi connectivity index (χ4v) is 2.11. The molecule has 102 valence electrons. The van der Waals surface area contributed by atoms with Gasteiger partial charge in [0, 0.05) is 5.56 Å². The van der Waals surface area contributed by atoms with Crippen LogP contribution in [0.15, 0.2) is 61.7 Å². The highest BCUT2D eigenvalue weighted by Crippen LogP contribution is 2.27. The van der Waals surface area contributed by atoms with Gasteiger partial charge < -0.3 is 0 Å². The smallest absolute Gasteiger partial charge is 0.166 e. The maximum absolute atomic E-state index is 14.1. The molecule has 0 radical (unpaired) electrons. The molecule has 0 bridgehead atoms. The van der Waals surface area contributed by atoms with Crippen LogP contribution in [0.1, 0.15) is 11.1 Å². The van der Waals surface area contributed by atoms with E-state index in [4.69, 9.17) is 0 Å². The first-order valence-electron chi connectivity index (χ1n) is 6.45. The van der Waals surface area contributed by atoms with E-state index >= 15 is 0 Å². The predicted octanol–water partition coefficient (Wildman–Crippen LogP) is 5.09. The van der Waals surface area contributed by atoms with Crippen molar-refractivity contribution >= 4 is 0 Å². The van der Waals surface area contributed by atoms with Crippen molar-refractivity contribution in [3.8, 4) is 11.1 Å². The van der Waals surface area contributed by atoms with Gasteiger partial charge in [-0.3, -0.25) is 0 Å². The van der Waals surface area contributed by atoms with Crippen LogP contribution in [0, 0.1) is 11.6 Å². The van der Waals surface area contributed by atoms with Crippen LogP contribution in [0.4, 0.5) is 8.78 Å². The molecule has 0 heterocycles. The molecule has 2 heteroatoms. The average Bonchev–Trinajstić information content (AvgIpc) is 2.46. The molecule has 0 amide bonds. The van der Waals surface area contributed by atoms with Gasteiger partial charge in [0.25, 0.3) is 0 Å². The lowest BCUT2D eigenvalue weighted by Crippen LogP contribution is -1.96. The van der Waals surface area contributed by atoms with Crippen LogP contribution in [0.5, 0.6) is 0 Å². The van der Waals surface area contributed by atoms with Crippen molar-refractivity contribution in [3.63, 3.8) is 0 Å². The fourth-order valence-electron chi connectivity index (χ4n) is 2.11. The van der Waals surface area contributed by atoms with Gasteiger partial charge in [0.05, 0.1) is 0 Å². The lowest BCUT2D eigenvalue weighted by Gasteiger charge is -2.08. The molecule has 0 saturated carbocycles. The van der Waals surface area contributed by atoms with Crippen LogP contribution in [-0.2, 0) is 12.8 Å². The van der Waals surface area contributed by atoms with Crippen molar-refractivity contribution in [2.45, 2.75) is 12.8 Å². The third-order valence-electron chi connectivity index (χ3n) is 3.17. The molecular weight excluding hydrogens is 254 g/mol. The molecule has 0 N–H and O–H groups in total. The van der Waals surface area contributed by atoms with Crippen LogP contribution in [0.2, 0.25) is 0 Å². The van der Waals surface area contributed by atoms with E-state index in [1.807, 2.05) is 12.1 Å². The highest BCUT2D eigenvalue weighted by molar-refractivity contribution is 5.65. The van der Waals surface area contributed by atoms with E-state index in [1.165, 1.54) is 0 Å². The Balaban J connectivity index is 2.39. The van der Waals surface area contributed by atoms with E-state index in [0.29, 0.717) is 17.5 Å². The van der Waals surface area contributed by atoms with E-state index in [0.717, 1.165) is 12.0 Å². The van der Waals surface area contributed by atoms with Crippen molar-refractivity contribution in [1.29, 1.82) is 0 Å². The Morgan fingerprint density at radius 1 is 0.800 bits per heavy atom. The zero-order valence-electron chi connectivity index (χ0n) is 11.2. The molecule has 0 spiro atoms. The maximum atomic E-state index is 14.1. The molecule has 0 aliphatic heterocycles. The summed E-state index contributed by atoms with van der Waals surface area (Å²) in [5.41, 5.74) is 2.36. The zero-order chi connectivity index (χ0) is 14.5. The van der Waals surface area contributed by atoms with E-state index in [2.05, 4.69) is 13.2 Å². The van der Waals surface area contributed by atoms with Gasteiger partial charge in [0.2, 0.25) is 0 Å². The summed E-state index contributed by atoms with van der Waals surface area (Å²) in [6, 6.07) is 10.6. The zero-order valence-corrected chi connectivity index (χ0v) is 11.2. The Labute approximate surface area is 118 Å². The highest BCUT2D eigenvalue weighted by atomic mass is 19.2. The van der Waals surface area contributed by atoms with Gasteiger partial charge in [-0.25, -0.2) is 8.78 Å². The fraction of sp³-hybridized carbons (Fsp3) is 0.111. The molecule has 0 aromatic heterocycles. The first-order valence-corrected chi connectivity index (χ1v) is 6.45. The molecule has 2 rings (SSSR count). The quantitative estimate of drug-likeness (QED) is 0.664. The Kier molecular flexibility index (Phi) is 4.46. The molecule has 0 saturated heterocycles. The van der Waals surface area contributed by atoms with Crippen molar-refractivity contribution in [2.75, 3.05) is 0 Å². The second-order valence-electron chi connectivity index (χ2n) is 4.58. The Hall–Kier alpha value is -2.22. The molecule has 0 nitrogen and oxygen atoms in total. The van der Waals surface area contributed by atoms with Crippen molar-refractivity contribution in [3.05, 3.63) is 84.5 Å². The summed E-state index contributed by atoms with van der Waals surface area (Å²) in [6.45, 7) is 7.21. The van der Waals surface area contributed by atoms with Crippen LogP contribution >= 0.6 is 0 Å². The van der Waals surface area contributed by atoms with Gasteiger partial charge in [0.1, 0.15) is 0 Å². The Bertz CT molecular complexity index is 625. The average molecular weight is 270 g/mol. The number of halogens is 2. The molecule has 2 aromatic carbocycles. The molecule has 0 aliphatic rings. The third kappa shape index (κ3) is 2.85. The summed E-state index contributed by atoms with van der Waals surface area (Å²) in [7, 11) is 0. The minimum absolute atomic E-state index is 0.278. The molecule has 0 aliphatic carbocycles. The van der Waals surface area contributed by atoms with Crippen molar-refractivity contribution in [2.24, 2.45) is 0 Å². The second kappa shape index (κ2) is 6.29.